The highest BCUT2D eigenvalue weighted by molar-refractivity contribution is 6.33. The van der Waals surface area contributed by atoms with Gasteiger partial charge in [0.1, 0.15) is 18.1 Å². The van der Waals surface area contributed by atoms with Gasteiger partial charge in [-0.05, 0) is 87.7 Å². The number of likely N-dealkylation sites (N-methyl/N-ethyl adjacent to an activating group) is 1. The molecule has 48 heavy (non-hydrogen) atoms. The quantitative estimate of drug-likeness (QED) is 0.247. The molecule has 0 unspecified atom stereocenters. The van der Waals surface area contributed by atoms with Crippen LogP contribution in [0.5, 0.6) is 6.01 Å². The van der Waals surface area contributed by atoms with E-state index in [9.17, 15) is 0 Å². The van der Waals surface area contributed by atoms with E-state index in [4.69, 9.17) is 31.4 Å². The second-order valence-electron chi connectivity index (χ2n) is 15.0. The van der Waals surface area contributed by atoms with E-state index >= 15 is 0 Å². The average Bonchev–Trinajstić information content (AvgIpc) is 3.67. The normalized spacial score (nSPS) is 27.0. The second-order valence-corrected chi connectivity index (χ2v) is 15.4. The van der Waals surface area contributed by atoms with Gasteiger partial charge in [0.25, 0.3) is 0 Å². The van der Waals surface area contributed by atoms with Gasteiger partial charge in [-0.1, -0.05) is 48.9 Å². The first-order chi connectivity index (χ1) is 23.4. The molecule has 9 rings (SSSR count). The molecule has 7 heterocycles. The standard InChI is InChI=1S/C38H45ClN8O/c1-26-20-37(14-8-18-46(37)22-26)25-48-36-41-31-21-38(15-7-11-27-10-3-4-12-29(27)38)44(2)23-28(31)35(42-36)45-17-9-19-47-32(24-45)33(39)34(43-47)30-13-5-6-16-40-30/h3-6,10,12-13,16,26H,7-9,11,14-15,17-25H2,1-2H3/t26-,37+,38+/m1/s1. The average molecular weight is 665 g/mol. The van der Waals surface area contributed by atoms with Crippen molar-refractivity contribution in [1.29, 1.82) is 0 Å². The Morgan fingerprint density at radius 2 is 1.88 bits per heavy atom. The van der Waals surface area contributed by atoms with Crippen LogP contribution >= 0.6 is 11.6 Å². The number of aromatic nitrogens is 5. The van der Waals surface area contributed by atoms with Gasteiger partial charge < -0.3 is 9.64 Å². The minimum Gasteiger partial charge on any atom is -0.461 e. The van der Waals surface area contributed by atoms with Gasteiger partial charge in [-0.15, -0.1) is 0 Å². The van der Waals surface area contributed by atoms with Crippen LogP contribution in [0, 0.1) is 5.92 Å². The summed E-state index contributed by atoms with van der Waals surface area (Å²) in [6.07, 6.45) is 10.6. The molecule has 10 heteroatoms. The third kappa shape index (κ3) is 4.95. The number of anilines is 1. The van der Waals surface area contributed by atoms with Crippen LogP contribution in [-0.4, -0.2) is 73.4 Å². The molecular weight excluding hydrogens is 620 g/mol. The summed E-state index contributed by atoms with van der Waals surface area (Å²) < 4.78 is 8.82. The van der Waals surface area contributed by atoms with Crippen molar-refractivity contribution in [3.63, 3.8) is 0 Å². The van der Waals surface area contributed by atoms with Gasteiger partial charge in [-0.2, -0.15) is 15.1 Å². The largest absolute Gasteiger partial charge is 0.461 e. The molecule has 0 saturated carbocycles. The molecule has 0 N–H and O–H groups in total. The van der Waals surface area contributed by atoms with Gasteiger partial charge in [0.05, 0.1) is 39.7 Å². The summed E-state index contributed by atoms with van der Waals surface area (Å²) >= 11 is 7.11. The first kappa shape index (κ1) is 30.5. The molecule has 2 saturated heterocycles. The zero-order valence-corrected chi connectivity index (χ0v) is 28.9. The van der Waals surface area contributed by atoms with Gasteiger partial charge >= 0.3 is 6.01 Å². The number of rotatable bonds is 5. The fourth-order valence-electron chi connectivity index (χ4n) is 9.76. The number of ether oxygens (including phenoxy) is 1. The van der Waals surface area contributed by atoms with Crippen LogP contribution in [0.2, 0.25) is 5.02 Å². The van der Waals surface area contributed by atoms with E-state index in [0.29, 0.717) is 30.1 Å². The Balaban J connectivity index is 1.11. The summed E-state index contributed by atoms with van der Waals surface area (Å²) in [7, 11) is 2.29. The molecule has 0 bridgehead atoms. The lowest BCUT2D eigenvalue weighted by Crippen LogP contribution is -2.51. The van der Waals surface area contributed by atoms with E-state index in [1.54, 1.807) is 6.20 Å². The Bertz CT molecular complexity index is 1850. The SMILES string of the molecule is C[C@H]1CN2CCC[C@@]2(COc2nc3c(c(N4CCCn5nc(-c6ccccn6)c(Cl)c5C4)n2)CN(C)[C@@]2(CCCc4ccccc42)C3)C1. The van der Waals surface area contributed by atoms with Crippen molar-refractivity contribution in [2.75, 3.05) is 38.2 Å². The molecule has 250 valence electrons. The Hall–Kier alpha value is -3.53. The summed E-state index contributed by atoms with van der Waals surface area (Å²) in [6, 6.07) is 15.4. The van der Waals surface area contributed by atoms with Gasteiger partial charge in [0.15, 0.2) is 0 Å². The van der Waals surface area contributed by atoms with Crippen molar-refractivity contribution in [1.82, 2.24) is 34.5 Å². The molecular formula is C38H45ClN8O. The van der Waals surface area contributed by atoms with Crippen LogP contribution in [0.1, 0.15) is 73.5 Å². The molecule has 9 nitrogen and oxygen atoms in total. The second kappa shape index (κ2) is 11.8. The number of pyridine rings is 1. The van der Waals surface area contributed by atoms with E-state index in [1.807, 2.05) is 18.2 Å². The Labute approximate surface area is 288 Å². The summed E-state index contributed by atoms with van der Waals surface area (Å²) in [4.78, 5) is 22.8. The molecule has 4 aromatic rings. The topological polar surface area (TPSA) is 75.4 Å². The Kier molecular flexibility index (Phi) is 7.51. The summed E-state index contributed by atoms with van der Waals surface area (Å²) in [5.41, 5.74) is 7.84. The molecule has 1 spiro atoms. The van der Waals surface area contributed by atoms with E-state index in [2.05, 4.69) is 62.6 Å². The van der Waals surface area contributed by atoms with E-state index in [1.165, 1.54) is 48.9 Å². The molecule has 1 aliphatic carbocycles. The maximum Gasteiger partial charge on any atom is 0.318 e. The molecule has 0 radical (unpaired) electrons. The molecule has 0 amide bonds. The predicted octanol–water partition coefficient (Wildman–Crippen LogP) is 6.27. The van der Waals surface area contributed by atoms with Crippen molar-refractivity contribution >= 4 is 17.4 Å². The lowest BCUT2D eigenvalue weighted by atomic mass is 9.71. The van der Waals surface area contributed by atoms with Gasteiger partial charge in [0, 0.05) is 44.4 Å². The Morgan fingerprint density at radius 1 is 0.979 bits per heavy atom. The predicted molar refractivity (Wildman–Crippen MR) is 187 cm³/mol. The highest BCUT2D eigenvalue weighted by Gasteiger charge is 2.48. The maximum absolute atomic E-state index is 7.11. The smallest absolute Gasteiger partial charge is 0.318 e. The van der Waals surface area contributed by atoms with Crippen LogP contribution < -0.4 is 9.64 Å². The molecule has 3 atom stereocenters. The number of nitrogens with zero attached hydrogens (tertiary/aromatic N) is 8. The number of aryl methyl sites for hydroxylation is 2. The lowest BCUT2D eigenvalue weighted by Gasteiger charge is -2.49. The van der Waals surface area contributed by atoms with Crippen molar-refractivity contribution < 1.29 is 4.74 Å². The number of benzene rings is 1. The lowest BCUT2D eigenvalue weighted by molar-refractivity contribution is 0.0714. The number of halogens is 1. The van der Waals surface area contributed by atoms with Crippen LogP contribution in [-0.2, 0) is 38.0 Å². The zero-order valence-electron chi connectivity index (χ0n) is 28.2. The first-order valence-electron chi connectivity index (χ1n) is 17.9. The highest BCUT2D eigenvalue weighted by atomic mass is 35.5. The van der Waals surface area contributed by atoms with Crippen molar-refractivity contribution in [3.05, 3.63) is 81.8 Å². The number of hydrogen-bond acceptors (Lipinski definition) is 8. The van der Waals surface area contributed by atoms with Gasteiger partial charge in [0.2, 0.25) is 0 Å². The van der Waals surface area contributed by atoms with E-state index in [-0.39, 0.29) is 11.1 Å². The molecule has 2 fully saturated rings. The Morgan fingerprint density at radius 3 is 2.77 bits per heavy atom. The third-order valence-electron chi connectivity index (χ3n) is 12.0. The maximum atomic E-state index is 7.11. The third-order valence-corrected chi connectivity index (χ3v) is 12.4. The summed E-state index contributed by atoms with van der Waals surface area (Å²) in [5.74, 6) is 1.67. The van der Waals surface area contributed by atoms with E-state index < -0.39 is 0 Å². The zero-order chi connectivity index (χ0) is 32.5. The monoisotopic (exact) mass is 664 g/mol. The summed E-state index contributed by atoms with van der Waals surface area (Å²) in [5, 5.41) is 5.61. The fourth-order valence-corrected chi connectivity index (χ4v) is 10.1. The van der Waals surface area contributed by atoms with Crippen molar-refractivity contribution in [3.8, 4) is 17.4 Å². The minimum atomic E-state index is -0.0785. The van der Waals surface area contributed by atoms with Crippen LogP contribution in [0.4, 0.5) is 5.82 Å². The van der Waals surface area contributed by atoms with Crippen molar-refractivity contribution in [2.45, 2.75) is 89.0 Å². The van der Waals surface area contributed by atoms with Crippen molar-refractivity contribution in [2.24, 2.45) is 5.92 Å². The first-order valence-corrected chi connectivity index (χ1v) is 18.3. The van der Waals surface area contributed by atoms with Crippen LogP contribution in [0.25, 0.3) is 11.4 Å². The van der Waals surface area contributed by atoms with Crippen LogP contribution in [0.15, 0.2) is 48.7 Å². The number of hydrogen-bond donors (Lipinski definition) is 0. The van der Waals surface area contributed by atoms with E-state index in [0.717, 1.165) is 80.5 Å². The minimum absolute atomic E-state index is 0.0785. The van der Waals surface area contributed by atoms with Gasteiger partial charge in [-0.25, -0.2) is 0 Å². The van der Waals surface area contributed by atoms with Crippen LogP contribution in [0.3, 0.4) is 0 Å². The number of fused-ring (bicyclic) bond motifs is 5. The summed E-state index contributed by atoms with van der Waals surface area (Å²) in [6.45, 7) is 8.42. The highest BCUT2D eigenvalue weighted by Crippen LogP contribution is 2.48. The fraction of sp³-hybridized carbons (Fsp3) is 0.526. The molecule has 1 aromatic carbocycles. The molecule has 4 aliphatic heterocycles. The van der Waals surface area contributed by atoms with Gasteiger partial charge in [-0.3, -0.25) is 19.5 Å². The molecule has 3 aromatic heterocycles. The molecule has 5 aliphatic rings.